The van der Waals surface area contributed by atoms with Gasteiger partial charge < -0.3 is 0 Å². The molecule has 1 aromatic rings. The van der Waals surface area contributed by atoms with E-state index in [-0.39, 0.29) is 5.75 Å². The number of nitrogens with zero attached hydrogens (tertiary/aromatic N) is 2. The molecule has 4 heteroatoms. The number of carbonyl (C=O) groups excluding carboxylic acids is 1. The smallest absolute Gasteiger partial charge is 0.208 e. The molecule has 0 aliphatic rings. The lowest BCUT2D eigenvalue weighted by atomic mass is 10.6. The Morgan fingerprint density at radius 1 is 1.22 bits per heavy atom. The third-order valence-electron chi connectivity index (χ3n) is 0.483. The lowest BCUT2D eigenvalue weighted by Crippen LogP contribution is -1.69. The van der Waals surface area contributed by atoms with Gasteiger partial charge in [0.15, 0.2) is 0 Å². The Labute approximate surface area is 57.7 Å². The summed E-state index contributed by atoms with van der Waals surface area (Å²) in [4.78, 5) is 8.57. The molecule has 0 fully saturated rings. The minimum absolute atomic E-state index is 0.222. The van der Waals surface area contributed by atoms with Crippen LogP contribution in [0, 0.1) is 0 Å². The molecule has 0 radical (unpaired) electrons. The van der Waals surface area contributed by atoms with Crippen molar-refractivity contribution in [2.75, 3.05) is 0 Å². The van der Waals surface area contributed by atoms with Gasteiger partial charge in [-0.15, -0.1) is 0 Å². The van der Waals surface area contributed by atoms with Crippen molar-refractivity contribution >= 4 is 17.3 Å². The molecule has 48 valence electrons. The van der Waals surface area contributed by atoms with Crippen LogP contribution in [0.15, 0.2) is 24.5 Å². The van der Waals surface area contributed by atoms with Crippen molar-refractivity contribution in [2.24, 2.45) is 0 Å². The second kappa shape index (κ2) is 7.04. The Hall–Kier alpha value is -0.960. The minimum atomic E-state index is 0.222. The van der Waals surface area contributed by atoms with E-state index in [1.165, 1.54) is 0 Å². The Morgan fingerprint density at radius 2 is 1.56 bits per heavy atom. The van der Waals surface area contributed by atoms with E-state index in [0.717, 1.165) is 0 Å². The third kappa shape index (κ3) is 7.04. The summed E-state index contributed by atoms with van der Waals surface area (Å²) in [7, 11) is 0. The number of hydrogen-bond acceptors (Lipinski definition) is 3. The van der Waals surface area contributed by atoms with Gasteiger partial charge in [0.05, 0.1) is 0 Å². The van der Waals surface area contributed by atoms with Crippen molar-refractivity contribution < 1.29 is 4.79 Å². The molecule has 1 rings (SSSR count). The molecule has 3 nitrogen and oxygen atoms in total. The maximum Gasteiger partial charge on any atom is 0.208 e. The maximum absolute atomic E-state index is 8.57. The number of hydrogen-bond donors (Lipinski definition) is 0. The molecule has 9 heavy (non-hydrogen) atoms. The SMILES string of the molecule is O=CCl.c1ccnnc1. The summed E-state index contributed by atoms with van der Waals surface area (Å²) in [5.74, 6) is 0.222. The van der Waals surface area contributed by atoms with Crippen molar-refractivity contribution in [1.29, 1.82) is 0 Å². The van der Waals surface area contributed by atoms with E-state index in [0.29, 0.717) is 0 Å². The van der Waals surface area contributed by atoms with Gasteiger partial charge in [-0.05, 0) is 23.7 Å². The van der Waals surface area contributed by atoms with Crippen LogP contribution >= 0.6 is 11.6 Å². The van der Waals surface area contributed by atoms with Gasteiger partial charge in [0.1, 0.15) is 0 Å². The monoisotopic (exact) mass is 144 g/mol. The van der Waals surface area contributed by atoms with Crippen molar-refractivity contribution in [3.63, 3.8) is 0 Å². The van der Waals surface area contributed by atoms with E-state index in [2.05, 4.69) is 21.8 Å². The molecule has 0 saturated heterocycles. The fraction of sp³-hybridized carbons (Fsp3) is 0. The second-order valence-corrected chi connectivity index (χ2v) is 1.18. The first-order valence-corrected chi connectivity index (χ1v) is 2.61. The topological polar surface area (TPSA) is 42.9 Å². The van der Waals surface area contributed by atoms with Crippen molar-refractivity contribution in [2.45, 2.75) is 0 Å². The summed E-state index contributed by atoms with van der Waals surface area (Å²) in [6, 6.07) is 3.65. The van der Waals surface area contributed by atoms with Gasteiger partial charge in [-0.2, -0.15) is 10.2 Å². The lowest BCUT2D eigenvalue weighted by Gasteiger charge is -1.69. The van der Waals surface area contributed by atoms with Crippen LogP contribution in [-0.4, -0.2) is 15.9 Å². The summed E-state index contributed by atoms with van der Waals surface area (Å²) < 4.78 is 0. The van der Waals surface area contributed by atoms with Gasteiger partial charge >= 0.3 is 0 Å². The highest BCUT2D eigenvalue weighted by Crippen LogP contribution is 1.68. The Morgan fingerprint density at radius 3 is 1.67 bits per heavy atom. The highest BCUT2D eigenvalue weighted by atomic mass is 35.5. The fourth-order valence-electron chi connectivity index (χ4n) is 0.253. The van der Waals surface area contributed by atoms with Gasteiger partial charge in [-0.1, -0.05) is 0 Å². The molecule has 0 atom stereocenters. The van der Waals surface area contributed by atoms with E-state index in [1.807, 2.05) is 12.1 Å². The molecule has 0 bridgehead atoms. The Bertz CT molecular complexity index is 118. The number of carbonyl (C=O) groups is 1. The van der Waals surface area contributed by atoms with Crippen LogP contribution in [0.25, 0.3) is 0 Å². The average molecular weight is 145 g/mol. The van der Waals surface area contributed by atoms with Gasteiger partial charge in [0, 0.05) is 12.4 Å². The van der Waals surface area contributed by atoms with Gasteiger partial charge in [0.2, 0.25) is 5.75 Å². The summed E-state index contributed by atoms with van der Waals surface area (Å²) in [6.45, 7) is 0. The first-order chi connectivity index (χ1) is 4.41. The van der Waals surface area contributed by atoms with E-state index in [1.54, 1.807) is 12.4 Å². The van der Waals surface area contributed by atoms with Crippen molar-refractivity contribution in [3.8, 4) is 0 Å². The van der Waals surface area contributed by atoms with Crippen LogP contribution < -0.4 is 0 Å². The highest BCUT2D eigenvalue weighted by molar-refractivity contribution is 6.54. The quantitative estimate of drug-likeness (QED) is 0.401. The number of halogens is 1. The predicted molar refractivity (Wildman–Crippen MR) is 34.6 cm³/mol. The lowest BCUT2D eigenvalue weighted by molar-refractivity contribution is 0.569. The average Bonchev–Trinajstić information content (AvgIpc) is 1.93. The molecule has 0 aliphatic heterocycles. The van der Waals surface area contributed by atoms with E-state index < -0.39 is 0 Å². The third-order valence-corrected chi connectivity index (χ3v) is 0.483. The molecule has 0 saturated carbocycles. The van der Waals surface area contributed by atoms with Crippen molar-refractivity contribution in [3.05, 3.63) is 24.5 Å². The van der Waals surface area contributed by atoms with Gasteiger partial charge in [-0.25, -0.2) is 0 Å². The molecule has 0 unspecified atom stereocenters. The molecule has 1 heterocycles. The Balaban J connectivity index is 0.000000187. The number of rotatable bonds is 0. The first kappa shape index (κ1) is 8.04. The normalized spacial score (nSPS) is 6.78. The molecular formula is C5H5ClN2O. The van der Waals surface area contributed by atoms with Crippen LogP contribution in [0.5, 0.6) is 0 Å². The Kier molecular flexibility index (Phi) is 6.29. The van der Waals surface area contributed by atoms with Crippen LogP contribution in [0.2, 0.25) is 0 Å². The second-order valence-electron chi connectivity index (χ2n) is 1.00. The van der Waals surface area contributed by atoms with Gasteiger partial charge in [-0.3, -0.25) is 4.79 Å². The summed E-state index contributed by atoms with van der Waals surface area (Å²) in [5.41, 5.74) is 0. The first-order valence-electron chi connectivity index (χ1n) is 2.17. The molecule has 0 aromatic carbocycles. The molecule has 0 spiro atoms. The zero-order valence-corrected chi connectivity index (χ0v) is 5.32. The summed E-state index contributed by atoms with van der Waals surface area (Å²) in [6.07, 6.45) is 3.28. The summed E-state index contributed by atoms with van der Waals surface area (Å²) in [5, 5.41) is 7.07. The van der Waals surface area contributed by atoms with Gasteiger partial charge in [0.25, 0.3) is 0 Å². The van der Waals surface area contributed by atoms with E-state index in [9.17, 15) is 0 Å². The van der Waals surface area contributed by atoms with Crippen LogP contribution in [0.3, 0.4) is 0 Å². The molecule has 1 aromatic heterocycles. The zero-order chi connectivity index (χ0) is 6.95. The standard InChI is InChI=1S/C4H4N2.CHClO/c1-2-4-6-5-3-1;2-1-3/h1-4H;1H. The zero-order valence-electron chi connectivity index (χ0n) is 4.57. The maximum atomic E-state index is 8.57. The van der Waals surface area contributed by atoms with Crippen LogP contribution in [0.4, 0.5) is 0 Å². The largest absolute Gasteiger partial charge is 0.285 e. The van der Waals surface area contributed by atoms with E-state index >= 15 is 0 Å². The number of aromatic nitrogens is 2. The van der Waals surface area contributed by atoms with Crippen molar-refractivity contribution in [1.82, 2.24) is 10.2 Å². The molecule has 0 N–H and O–H groups in total. The highest BCUT2D eigenvalue weighted by Gasteiger charge is 1.59. The molecule has 0 amide bonds. The molecule has 0 aliphatic carbocycles. The fourth-order valence-corrected chi connectivity index (χ4v) is 0.253. The van der Waals surface area contributed by atoms with Crippen LogP contribution in [0.1, 0.15) is 0 Å². The van der Waals surface area contributed by atoms with Crippen LogP contribution in [-0.2, 0) is 4.79 Å². The predicted octanol–water partition coefficient (Wildman–Crippen LogP) is 0.892. The van der Waals surface area contributed by atoms with E-state index in [4.69, 9.17) is 4.79 Å². The molecular weight excluding hydrogens is 140 g/mol. The minimum Gasteiger partial charge on any atom is -0.285 e. The summed E-state index contributed by atoms with van der Waals surface area (Å²) >= 11 is 4.32.